The van der Waals surface area contributed by atoms with E-state index in [9.17, 15) is 9.59 Å². The molecule has 0 fully saturated rings. The smallest absolute Gasteiger partial charge is 0.310 e. The largest absolute Gasteiger partial charge is 0.464 e. The number of furan rings is 1. The Morgan fingerprint density at radius 1 is 1.23 bits per heavy atom. The first kappa shape index (κ1) is 16.1. The standard InChI is InChI=1S/C17H21NO4/c1-10(2)18-16(19)9-22-17(20)7-13-8-21-15-6-12(4)11(3)5-14(13)15/h5-6,8,10H,7,9H2,1-4H3,(H,18,19). The quantitative estimate of drug-likeness (QED) is 0.862. The summed E-state index contributed by atoms with van der Waals surface area (Å²) in [6.07, 6.45) is 1.66. The molecule has 0 unspecified atom stereocenters. The van der Waals surface area contributed by atoms with E-state index in [1.807, 2.05) is 39.8 Å². The number of amides is 1. The van der Waals surface area contributed by atoms with E-state index in [0.717, 1.165) is 27.7 Å². The Morgan fingerprint density at radius 3 is 2.59 bits per heavy atom. The molecule has 22 heavy (non-hydrogen) atoms. The molecule has 1 heterocycles. The molecule has 1 N–H and O–H groups in total. The number of hydrogen-bond donors (Lipinski definition) is 1. The Labute approximate surface area is 129 Å². The number of rotatable bonds is 5. The highest BCUT2D eigenvalue weighted by molar-refractivity contribution is 5.87. The summed E-state index contributed by atoms with van der Waals surface area (Å²) in [6.45, 7) is 7.47. The van der Waals surface area contributed by atoms with E-state index >= 15 is 0 Å². The van der Waals surface area contributed by atoms with Crippen LogP contribution in [0, 0.1) is 13.8 Å². The molecule has 0 aliphatic rings. The normalized spacial score (nSPS) is 11.0. The van der Waals surface area contributed by atoms with Gasteiger partial charge in [-0.3, -0.25) is 9.59 Å². The molecule has 2 aromatic rings. The van der Waals surface area contributed by atoms with Crippen LogP contribution in [0.2, 0.25) is 0 Å². The van der Waals surface area contributed by atoms with Crippen LogP contribution in [0.25, 0.3) is 11.0 Å². The van der Waals surface area contributed by atoms with Gasteiger partial charge in [0, 0.05) is 17.0 Å². The molecule has 0 aliphatic carbocycles. The van der Waals surface area contributed by atoms with Gasteiger partial charge in [-0.15, -0.1) is 0 Å². The zero-order chi connectivity index (χ0) is 16.3. The van der Waals surface area contributed by atoms with Crippen molar-refractivity contribution in [1.29, 1.82) is 0 Å². The lowest BCUT2D eigenvalue weighted by atomic mass is 10.0. The van der Waals surface area contributed by atoms with Crippen LogP contribution < -0.4 is 5.32 Å². The number of hydrogen-bond acceptors (Lipinski definition) is 4. The third-order valence-electron chi connectivity index (χ3n) is 3.42. The number of carbonyl (C=O) groups excluding carboxylic acids is 2. The Morgan fingerprint density at radius 2 is 1.91 bits per heavy atom. The van der Waals surface area contributed by atoms with E-state index in [1.165, 1.54) is 0 Å². The molecular weight excluding hydrogens is 282 g/mol. The van der Waals surface area contributed by atoms with Gasteiger partial charge in [-0.1, -0.05) is 0 Å². The molecular formula is C17H21NO4. The average Bonchev–Trinajstić information content (AvgIpc) is 2.79. The van der Waals surface area contributed by atoms with Gasteiger partial charge in [-0.2, -0.15) is 0 Å². The number of fused-ring (bicyclic) bond motifs is 1. The van der Waals surface area contributed by atoms with Crippen LogP contribution in [-0.2, 0) is 20.7 Å². The van der Waals surface area contributed by atoms with Crippen LogP contribution in [0.3, 0.4) is 0 Å². The predicted molar refractivity (Wildman–Crippen MR) is 83.6 cm³/mol. The molecule has 0 aliphatic heterocycles. The monoisotopic (exact) mass is 303 g/mol. The van der Waals surface area contributed by atoms with E-state index in [2.05, 4.69) is 5.32 Å². The summed E-state index contributed by atoms with van der Waals surface area (Å²) in [5, 5.41) is 3.57. The summed E-state index contributed by atoms with van der Waals surface area (Å²) in [4.78, 5) is 23.3. The number of carbonyl (C=O) groups is 2. The molecule has 2 rings (SSSR count). The molecule has 1 amide bonds. The van der Waals surface area contributed by atoms with Gasteiger partial charge in [-0.05, 0) is 51.0 Å². The van der Waals surface area contributed by atoms with Gasteiger partial charge >= 0.3 is 5.97 Å². The molecule has 0 atom stereocenters. The maximum atomic E-state index is 11.9. The molecule has 0 saturated carbocycles. The highest BCUT2D eigenvalue weighted by Gasteiger charge is 2.14. The molecule has 0 bridgehead atoms. The summed E-state index contributed by atoms with van der Waals surface area (Å²) in [5.41, 5.74) is 3.80. The minimum atomic E-state index is -0.445. The highest BCUT2D eigenvalue weighted by atomic mass is 16.5. The molecule has 1 aromatic carbocycles. The summed E-state index contributed by atoms with van der Waals surface area (Å²) >= 11 is 0. The van der Waals surface area contributed by atoms with Crippen LogP contribution in [0.1, 0.15) is 30.5 Å². The van der Waals surface area contributed by atoms with Crippen LogP contribution in [0.15, 0.2) is 22.8 Å². The fourth-order valence-electron chi connectivity index (χ4n) is 2.19. The lowest BCUT2D eigenvalue weighted by Gasteiger charge is -2.08. The second-order valence-electron chi connectivity index (χ2n) is 5.75. The zero-order valence-corrected chi connectivity index (χ0v) is 13.4. The van der Waals surface area contributed by atoms with Crippen LogP contribution in [-0.4, -0.2) is 24.5 Å². The fraction of sp³-hybridized carbons (Fsp3) is 0.412. The summed E-state index contributed by atoms with van der Waals surface area (Å²) < 4.78 is 10.5. The molecule has 1 aromatic heterocycles. The van der Waals surface area contributed by atoms with Crippen LogP contribution in [0.4, 0.5) is 0 Å². The van der Waals surface area contributed by atoms with Crippen molar-refractivity contribution < 1.29 is 18.7 Å². The minimum absolute atomic E-state index is 0.0234. The highest BCUT2D eigenvalue weighted by Crippen LogP contribution is 2.25. The van der Waals surface area contributed by atoms with Crippen molar-refractivity contribution in [3.8, 4) is 0 Å². The molecule has 118 valence electrons. The van der Waals surface area contributed by atoms with Gasteiger partial charge in [0.25, 0.3) is 5.91 Å². The first-order chi connectivity index (χ1) is 10.4. The lowest BCUT2D eigenvalue weighted by Crippen LogP contribution is -2.34. The Bertz CT molecular complexity index is 700. The Hall–Kier alpha value is -2.30. The topological polar surface area (TPSA) is 68.5 Å². The number of ether oxygens (including phenoxy) is 1. The fourth-order valence-corrected chi connectivity index (χ4v) is 2.19. The SMILES string of the molecule is Cc1cc2occ(CC(=O)OCC(=O)NC(C)C)c2cc1C. The van der Waals surface area contributed by atoms with E-state index in [-0.39, 0.29) is 25.0 Å². The van der Waals surface area contributed by atoms with Gasteiger partial charge in [0.05, 0.1) is 12.7 Å². The van der Waals surface area contributed by atoms with Crippen molar-refractivity contribution in [3.63, 3.8) is 0 Å². The van der Waals surface area contributed by atoms with Crippen LogP contribution >= 0.6 is 0 Å². The molecule has 0 radical (unpaired) electrons. The van der Waals surface area contributed by atoms with Gasteiger partial charge in [0.1, 0.15) is 5.58 Å². The molecule has 0 spiro atoms. The first-order valence-electron chi connectivity index (χ1n) is 7.29. The van der Waals surface area contributed by atoms with Crippen molar-refractivity contribution in [2.24, 2.45) is 0 Å². The third-order valence-corrected chi connectivity index (χ3v) is 3.42. The lowest BCUT2D eigenvalue weighted by molar-refractivity contribution is -0.148. The van der Waals surface area contributed by atoms with E-state index in [4.69, 9.17) is 9.15 Å². The second kappa shape index (κ2) is 6.64. The second-order valence-corrected chi connectivity index (χ2v) is 5.75. The van der Waals surface area contributed by atoms with Crippen LogP contribution in [0.5, 0.6) is 0 Å². The predicted octanol–water partition coefficient (Wildman–Crippen LogP) is 2.66. The van der Waals surface area contributed by atoms with Crippen molar-refractivity contribution >= 4 is 22.8 Å². The molecule has 5 nitrogen and oxygen atoms in total. The number of benzene rings is 1. The molecule has 5 heteroatoms. The third kappa shape index (κ3) is 3.87. The van der Waals surface area contributed by atoms with Gasteiger partial charge in [0.15, 0.2) is 6.61 Å². The summed E-state index contributed by atoms with van der Waals surface area (Å²) in [5.74, 6) is -0.744. The van der Waals surface area contributed by atoms with Crippen molar-refractivity contribution in [3.05, 3.63) is 35.1 Å². The van der Waals surface area contributed by atoms with Gasteiger partial charge in [0.2, 0.25) is 0 Å². The van der Waals surface area contributed by atoms with Gasteiger partial charge < -0.3 is 14.5 Å². The van der Waals surface area contributed by atoms with Crippen molar-refractivity contribution in [1.82, 2.24) is 5.32 Å². The summed E-state index contributed by atoms with van der Waals surface area (Å²) in [7, 11) is 0. The Kier molecular flexibility index (Phi) is 4.85. The van der Waals surface area contributed by atoms with Gasteiger partial charge in [-0.25, -0.2) is 0 Å². The van der Waals surface area contributed by atoms with E-state index in [1.54, 1.807) is 6.26 Å². The maximum Gasteiger partial charge on any atom is 0.310 e. The number of esters is 1. The first-order valence-corrected chi connectivity index (χ1v) is 7.29. The van der Waals surface area contributed by atoms with E-state index < -0.39 is 5.97 Å². The van der Waals surface area contributed by atoms with E-state index in [0.29, 0.717) is 0 Å². The summed E-state index contributed by atoms with van der Waals surface area (Å²) in [6, 6.07) is 3.98. The zero-order valence-electron chi connectivity index (χ0n) is 13.4. The van der Waals surface area contributed by atoms with Crippen molar-refractivity contribution in [2.45, 2.75) is 40.2 Å². The minimum Gasteiger partial charge on any atom is -0.464 e. The average molecular weight is 303 g/mol. The number of aryl methyl sites for hydroxylation is 2. The molecule has 0 saturated heterocycles. The maximum absolute atomic E-state index is 11.9. The Balaban J connectivity index is 2.00. The van der Waals surface area contributed by atoms with Crippen molar-refractivity contribution in [2.75, 3.05) is 6.61 Å². The number of nitrogens with one attached hydrogen (secondary N) is 1.